The van der Waals surface area contributed by atoms with Gasteiger partial charge in [-0.05, 0) is 69.5 Å². The summed E-state index contributed by atoms with van der Waals surface area (Å²) in [6, 6.07) is 12.6. The van der Waals surface area contributed by atoms with Crippen LogP contribution in [0.25, 0.3) is 11.0 Å². The molecule has 3 aromatic rings. The highest BCUT2D eigenvalue weighted by Crippen LogP contribution is 2.23. The lowest BCUT2D eigenvalue weighted by atomic mass is 10.1. The molecule has 2 amide bonds. The van der Waals surface area contributed by atoms with Crippen molar-refractivity contribution in [1.82, 2.24) is 15.3 Å². The summed E-state index contributed by atoms with van der Waals surface area (Å²) in [6.45, 7) is 7.98. The Morgan fingerprint density at radius 2 is 1.74 bits per heavy atom. The third-order valence-corrected chi connectivity index (χ3v) is 6.39. The zero-order valence-electron chi connectivity index (χ0n) is 20.2. The van der Waals surface area contributed by atoms with Crippen LogP contribution in [0.1, 0.15) is 60.8 Å². The van der Waals surface area contributed by atoms with E-state index >= 15 is 0 Å². The molecule has 0 radical (unpaired) electrons. The molecule has 2 N–H and O–H groups in total. The van der Waals surface area contributed by atoms with Crippen LogP contribution >= 0.6 is 0 Å². The number of anilines is 2. The minimum Gasteiger partial charge on any atom is -0.371 e. The van der Waals surface area contributed by atoms with Gasteiger partial charge < -0.3 is 15.5 Å². The number of hydrogen-bond donors (Lipinski definition) is 2. The molecule has 1 fully saturated rings. The van der Waals surface area contributed by atoms with Crippen molar-refractivity contribution in [3.8, 4) is 0 Å². The Hall–Kier alpha value is -3.48. The van der Waals surface area contributed by atoms with E-state index in [4.69, 9.17) is 0 Å². The van der Waals surface area contributed by atoms with E-state index in [-0.39, 0.29) is 11.8 Å². The lowest BCUT2D eigenvalue weighted by Gasteiger charge is -2.21. The number of carbonyl (C=O) groups is 2. The van der Waals surface area contributed by atoms with Crippen molar-refractivity contribution in [2.24, 2.45) is 0 Å². The molecule has 1 aliphatic heterocycles. The minimum absolute atomic E-state index is 0.201. The van der Waals surface area contributed by atoms with Gasteiger partial charge in [-0.3, -0.25) is 9.59 Å². The molecular formula is C27H33N5O2. The number of nitrogens with zero attached hydrogens (tertiary/aromatic N) is 3. The summed E-state index contributed by atoms with van der Waals surface area (Å²) in [5.41, 5.74) is 5.46. The van der Waals surface area contributed by atoms with E-state index in [0.29, 0.717) is 17.5 Å². The third-order valence-electron chi connectivity index (χ3n) is 6.39. The van der Waals surface area contributed by atoms with Crippen molar-refractivity contribution >= 4 is 34.2 Å². The summed E-state index contributed by atoms with van der Waals surface area (Å²) in [7, 11) is 0. The molecule has 7 nitrogen and oxygen atoms in total. The molecule has 178 valence electrons. The summed E-state index contributed by atoms with van der Waals surface area (Å²) < 4.78 is 0. The predicted octanol–water partition coefficient (Wildman–Crippen LogP) is 4.77. The zero-order valence-corrected chi connectivity index (χ0v) is 20.2. The monoisotopic (exact) mass is 459 g/mol. The van der Waals surface area contributed by atoms with Crippen molar-refractivity contribution in [3.63, 3.8) is 0 Å². The Kier molecular flexibility index (Phi) is 7.40. The average molecular weight is 460 g/mol. The van der Waals surface area contributed by atoms with Gasteiger partial charge in [0.15, 0.2) is 0 Å². The Labute approximate surface area is 201 Å². The maximum Gasteiger partial charge on any atom is 0.252 e. The number of aromatic nitrogens is 2. The van der Waals surface area contributed by atoms with Crippen LogP contribution in [0.2, 0.25) is 0 Å². The highest BCUT2D eigenvalue weighted by atomic mass is 16.2. The summed E-state index contributed by atoms with van der Waals surface area (Å²) >= 11 is 0. The predicted molar refractivity (Wildman–Crippen MR) is 136 cm³/mol. The molecule has 1 aromatic heterocycles. The Balaban J connectivity index is 1.48. The normalized spacial score (nSPS) is 14.3. The molecule has 34 heavy (non-hydrogen) atoms. The van der Waals surface area contributed by atoms with E-state index in [1.165, 1.54) is 12.8 Å². The zero-order chi connectivity index (χ0) is 24.1. The number of hydrogen-bond acceptors (Lipinski definition) is 5. The average Bonchev–Trinajstić information content (AvgIpc) is 3.37. The van der Waals surface area contributed by atoms with Crippen LogP contribution in [0.5, 0.6) is 0 Å². The van der Waals surface area contributed by atoms with Crippen molar-refractivity contribution < 1.29 is 9.59 Å². The second-order valence-corrected chi connectivity index (χ2v) is 9.00. The molecule has 0 saturated carbocycles. The van der Waals surface area contributed by atoms with Crippen LogP contribution in [-0.4, -0.2) is 40.9 Å². The van der Waals surface area contributed by atoms with Crippen molar-refractivity contribution in [2.45, 2.75) is 58.9 Å². The fraction of sp³-hybridized carbons (Fsp3) is 0.407. The first kappa shape index (κ1) is 23.7. The van der Waals surface area contributed by atoms with Gasteiger partial charge in [0.2, 0.25) is 5.91 Å². The lowest BCUT2D eigenvalue weighted by Crippen LogP contribution is -2.43. The Morgan fingerprint density at radius 3 is 2.47 bits per heavy atom. The van der Waals surface area contributed by atoms with Crippen molar-refractivity contribution in [3.05, 3.63) is 59.4 Å². The van der Waals surface area contributed by atoms with Gasteiger partial charge in [-0.15, -0.1) is 0 Å². The van der Waals surface area contributed by atoms with Crippen molar-refractivity contribution in [2.75, 3.05) is 23.3 Å². The molecule has 2 heterocycles. The molecule has 1 unspecified atom stereocenters. The molecule has 0 spiro atoms. The van der Waals surface area contributed by atoms with Crippen molar-refractivity contribution in [1.29, 1.82) is 0 Å². The van der Waals surface area contributed by atoms with Gasteiger partial charge in [0.05, 0.1) is 22.4 Å². The third kappa shape index (κ3) is 5.53. The van der Waals surface area contributed by atoms with Gasteiger partial charge >= 0.3 is 0 Å². The standard InChI is InChI=1S/C27H33N5O2/c1-4-5-11-24(27(34)30-21-9-8-10-22(17-21)32-14-6-7-15-32)31-26(33)20-12-13-23-25(16-20)29-19(3)18(2)28-23/h8-10,12-13,16-17,24H,4-7,11,14-15H2,1-3H3,(H,30,34)(H,31,33). The summed E-state index contributed by atoms with van der Waals surface area (Å²) in [5, 5.41) is 5.95. The topological polar surface area (TPSA) is 87.2 Å². The molecular weight excluding hydrogens is 426 g/mol. The van der Waals surface area contributed by atoms with E-state index < -0.39 is 6.04 Å². The van der Waals surface area contributed by atoms with Gasteiger partial charge in [-0.25, -0.2) is 9.97 Å². The highest BCUT2D eigenvalue weighted by Gasteiger charge is 2.22. The van der Waals surface area contributed by atoms with Gasteiger partial charge in [-0.2, -0.15) is 0 Å². The fourth-order valence-electron chi connectivity index (χ4n) is 4.28. The quantitative estimate of drug-likeness (QED) is 0.506. The van der Waals surface area contributed by atoms with Gasteiger partial charge in [-0.1, -0.05) is 25.8 Å². The lowest BCUT2D eigenvalue weighted by molar-refractivity contribution is -0.118. The van der Waals surface area contributed by atoms with E-state index in [2.05, 4.69) is 38.5 Å². The SMILES string of the molecule is CCCCC(NC(=O)c1ccc2nc(C)c(C)nc2c1)C(=O)Nc1cccc(N2CCCC2)c1. The summed E-state index contributed by atoms with van der Waals surface area (Å²) in [4.78, 5) is 37.6. The molecule has 0 bridgehead atoms. The van der Waals surface area contributed by atoms with Crippen LogP contribution in [0.15, 0.2) is 42.5 Å². The first-order chi connectivity index (χ1) is 16.4. The molecule has 1 aliphatic rings. The number of nitrogens with one attached hydrogen (secondary N) is 2. The second kappa shape index (κ2) is 10.6. The molecule has 4 rings (SSSR count). The largest absolute Gasteiger partial charge is 0.371 e. The number of rotatable bonds is 8. The van der Waals surface area contributed by atoms with Crippen LogP contribution in [0.3, 0.4) is 0 Å². The smallest absolute Gasteiger partial charge is 0.252 e. The molecule has 1 saturated heterocycles. The highest BCUT2D eigenvalue weighted by molar-refractivity contribution is 6.02. The maximum atomic E-state index is 13.2. The fourth-order valence-corrected chi connectivity index (χ4v) is 4.28. The summed E-state index contributed by atoms with van der Waals surface area (Å²) in [5.74, 6) is -0.489. The molecule has 7 heteroatoms. The number of benzene rings is 2. The van der Waals surface area contributed by atoms with Crippen LogP contribution in [-0.2, 0) is 4.79 Å². The molecule has 0 aliphatic carbocycles. The summed E-state index contributed by atoms with van der Waals surface area (Å²) in [6.07, 6.45) is 4.75. The van der Waals surface area contributed by atoms with Crippen LogP contribution in [0.4, 0.5) is 11.4 Å². The van der Waals surface area contributed by atoms with E-state index in [9.17, 15) is 9.59 Å². The first-order valence-electron chi connectivity index (χ1n) is 12.2. The number of carbonyl (C=O) groups excluding carboxylic acids is 2. The van der Waals surface area contributed by atoms with Gasteiger partial charge in [0.25, 0.3) is 5.91 Å². The maximum absolute atomic E-state index is 13.2. The first-order valence-corrected chi connectivity index (χ1v) is 12.2. The molecule has 1 atom stereocenters. The van der Waals surface area contributed by atoms with Crippen LogP contribution in [0, 0.1) is 13.8 Å². The van der Waals surface area contributed by atoms with Gasteiger partial charge in [0.1, 0.15) is 6.04 Å². The Morgan fingerprint density at radius 1 is 1.00 bits per heavy atom. The van der Waals surface area contributed by atoms with E-state index in [0.717, 1.165) is 54.2 Å². The second-order valence-electron chi connectivity index (χ2n) is 9.00. The molecule has 2 aromatic carbocycles. The van der Waals surface area contributed by atoms with E-state index in [1.807, 2.05) is 32.0 Å². The number of amides is 2. The Bertz CT molecular complexity index is 1190. The van der Waals surface area contributed by atoms with Gasteiger partial charge in [0, 0.05) is 30.0 Å². The number of unbranched alkanes of at least 4 members (excludes halogenated alkanes) is 1. The van der Waals surface area contributed by atoms with E-state index in [1.54, 1.807) is 18.2 Å². The number of fused-ring (bicyclic) bond motifs is 1. The minimum atomic E-state index is -0.621. The number of aryl methyl sites for hydroxylation is 2. The van der Waals surface area contributed by atoms with Crippen LogP contribution < -0.4 is 15.5 Å².